The largest absolute Gasteiger partial charge is 0.396 e. The summed E-state index contributed by atoms with van der Waals surface area (Å²) in [7, 11) is 0. The summed E-state index contributed by atoms with van der Waals surface area (Å²) in [5.74, 6) is 0. The molecule has 0 bridgehead atoms. The van der Waals surface area contributed by atoms with Crippen molar-refractivity contribution in [2.75, 3.05) is 45.9 Å². The van der Waals surface area contributed by atoms with Crippen LogP contribution in [0.25, 0.3) is 0 Å². The lowest BCUT2D eigenvalue weighted by atomic mass is 10.1. The van der Waals surface area contributed by atoms with E-state index in [2.05, 4.69) is 16.7 Å². The molecule has 3 nitrogen and oxygen atoms in total. The van der Waals surface area contributed by atoms with Crippen LogP contribution in [0.1, 0.15) is 45.4 Å². The highest BCUT2D eigenvalue weighted by molar-refractivity contribution is 4.68. The molecular weight excluding hydrogens is 212 g/mol. The first-order chi connectivity index (χ1) is 8.36. The summed E-state index contributed by atoms with van der Waals surface area (Å²) < 4.78 is 0. The predicted octanol–water partition coefficient (Wildman–Crippen LogP) is 1.96. The maximum absolute atomic E-state index is 8.69. The molecule has 1 heterocycles. The fraction of sp³-hybridized carbons (Fsp3) is 1.00. The maximum atomic E-state index is 8.69. The number of aliphatic hydroxyl groups excluding tert-OH is 1. The van der Waals surface area contributed by atoms with Crippen molar-refractivity contribution in [3.05, 3.63) is 0 Å². The smallest absolute Gasteiger partial charge is 0.0431 e. The number of hydrogen-bond acceptors (Lipinski definition) is 3. The van der Waals surface area contributed by atoms with Crippen molar-refractivity contribution in [2.24, 2.45) is 0 Å². The van der Waals surface area contributed by atoms with Crippen LogP contribution >= 0.6 is 0 Å². The number of nitrogens with zero attached hydrogens (tertiary/aromatic N) is 2. The average molecular weight is 242 g/mol. The molecule has 0 aromatic heterocycles. The highest BCUT2D eigenvalue weighted by Gasteiger charge is 2.12. The van der Waals surface area contributed by atoms with Crippen LogP contribution in [0.15, 0.2) is 0 Å². The van der Waals surface area contributed by atoms with Crippen molar-refractivity contribution < 1.29 is 5.11 Å². The van der Waals surface area contributed by atoms with Gasteiger partial charge in [-0.15, -0.1) is 0 Å². The van der Waals surface area contributed by atoms with Crippen LogP contribution in [-0.2, 0) is 0 Å². The summed E-state index contributed by atoms with van der Waals surface area (Å²) in [6.07, 6.45) is 7.45. The summed E-state index contributed by atoms with van der Waals surface area (Å²) in [6, 6.07) is 0. The Morgan fingerprint density at radius 1 is 0.824 bits per heavy atom. The Hall–Kier alpha value is -0.120. The standard InChI is InChI=1S/C14H30N2O/c1-2-15-10-8-11-16(13-12-15)9-6-4-3-5-7-14-17/h17H,2-14H2,1H3. The Labute approximate surface area is 107 Å². The van der Waals surface area contributed by atoms with E-state index in [1.54, 1.807) is 0 Å². The molecular formula is C14H30N2O. The zero-order valence-electron chi connectivity index (χ0n) is 11.5. The van der Waals surface area contributed by atoms with Gasteiger partial charge in [-0.25, -0.2) is 0 Å². The van der Waals surface area contributed by atoms with Gasteiger partial charge in [-0.1, -0.05) is 26.2 Å². The van der Waals surface area contributed by atoms with E-state index in [-0.39, 0.29) is 0 Å². The minimum atomic E-state index is 0.360. The number of unbranched alkanes of at least 4 members (excludes halogenated alkanes) is 4. The topological polar surface area (TPSA) is 26.7 Å². The number of rotatable bonds is 8. The molecule has 1 saturated heterocycles. The van der Waals surface area contributed by atoms with Crippen molar-refractivity contribution in [3.63, 3.8) is 0 Å². The first kappa shape index (κ1) is 14.9. The van der Waals surface area contributed by atoms with Gasteiger partial charge in [0.15, 0.2) is 0 Å². The SMILES string of the molecule is CCN1CCCN(CCCCCCCO)CC1. The van der Waals surface area contributed by atoms with Crippen LogP contribution in [0.2, 0.25) is 0 Å². The first-order valence-corrected chi connectivity index (χ1v) is 7.42. The molecule has 0 atom stereocenters. The molecule has 1 rings (SSSR count). The monoisotopic (exact) mass is 242 g/mol. The van der Waals surface area contributed by atoms with Crippen LogP contribution in [0, 0.1) is 0 Å². The molecule has 0 aromatic rings. The van der Waals surface area contributed by atoms with Crippen LogP contribution in [-0.4, -0.2) is 60.8 Å². The predicted molar refractivity (Wildman–Crippen MR) is 73.3 cm³/mol. The average Bonchev–Trinajstić information content (AvgIpc) is 2.59. The molecule has 0 unspecified atom stereocenters. The molecule has 3 heteroatoms. The normalized spacial score (nSPS) is 19.4. The summed E-state index contributed by atoms with van der Waals surface area (Å²) in [5.41, 5.74) is 0. The highest BCUT2D eigenvalue weighted by atomic mass is 16.2. The Morgan fingerprint density at radius 2 is 1.47 bits per heavy atom. The molecule has 102 valence electrons. The third kappa shape index (κ3) is 7.02. The molecule has 0 aromatic carbocycles. The zero-order chi connectivity index (χ0) is 12.3. The van der Waals surface area contributed by atoms with Gasteiger partial charge in [-0.2, -0.15) is 0 Å². The molecule has 17 heavy (non-hydrogen) atoms. The van der Waals surface area contributed by atoms with E-state index < -0.39 is 0 Å². The second kappa shape index (κ2) is 9.86. The van der Waals surface area contributed by atoms with Gasteiger partial charge >= 0.3 is 0 Å². The molecule has 0 aliphatic carbocycles. The number of likely N-dealkylation sites (N-methyl/N-ethyl adjacent to an activating group) is 1. The summed E-state index contributed by atoms with van der Waals surface area (Å²) in [5, 5.41) is 8.69. The van der Waals surface area contributed by atoms with Crippen molar-refractivity contribution >= 4 is 0 Å². The molecule has 1 aliphatic rings. The van der Waals surface area contributed by atoms with Gasteiger partial charge in [0.1, 0.15) is 0 Å². The van der Waals surface area contributed by atoms with Gasteiger partial charge in [-0.05, 0) is 45.4 Å². The number of aliphatic hydroxyl groups is 1. The van der Waals surface area contributed by atoms with Crippen LogP contribution in [0.4, 0.5) is 0 Å². The Morgan fingerprint density at radius 3 is 2.24 bits per heavy atom. The summed E-state index contributed by atoms with van der Waals surface area (Å²) in [6.45, 7) is 10.2. The van der Waals surface area contributed by atoms with E-state index in [0.29, 0.717) is 6.61 Å². The second-order valence-electron chi connectivity index (χ2n) is 5.12. The zero-order valence-corrected chi connectivity index (χ0v) is 11.5. The lowest BCUT2D eigenvalue weighted by Crippen LogP contribution is -2.31. The van der Waals surface area contributed by atoms with Gasteiger partial charge in [-0.3, -0.25) is 0 Å². The first-order valence-electron chi connectivity index (χ1n) is 7.42. The van der Waals surface area contributed by atoms with E-state index in [9.17, 15) is 0 Å². The fourth-order valence-corrected chi connectivity index (χ4v) is 2.54. The van der Waals surface area contributed by atoms with Crippen molar-refractivity contribution in [1.82, 2.24) is 9.80 Å². The molecule has 0 spiro atoms. The quantitative estimate of drug-likeness (QED) is 0.659. The Balaban J connectivity index is 1.99. The van der Waals surface area contributed by atoms with Crippen molar-refractivity contribution in [2.45, 2.75) is 45.4 Å². The lowest BCUT2D eigenvalue weighted by molar-refractivity contribution is 0.257. The third-order valence-corrected chi connectivity index (χ3v) is 3.76. The molecule has 1 fully saturated rings. The summed E-state index contributed by atoms with van der Waals surface area (Å²) in [4.78, 5) is 5.18. The highest BCUT2D eigenvalue weighted by Crippen LogP contribution is 2.07. The van der Waals surface area contributed by atoms with Gasteiger partial charge < -0.3 is 14.9 Å². The molecule has 0 saturated carbocycles. The van der Waals surface area contributed by atoms with Crippen molar-refractivity contribution in [3.8, 4) is 0 Å². The lowest BCUT2D eigenvalue weighted by Gasteiger charge is -2.20. The minimum Gasteiger partial charge on any atom is -0.396 e. The van der Waals surface area contributed by atoms with Gasteiger partial charge in [0.2, 0.25) is 0 Å². The molecule has 0 radical (unpaired) electrons. The van der Waals surface area contributed by atoms with E-state index in [0.717, 1.165) is 6.42 Å². The van der Waals surface area contributed by atoms with Crippen LogP contribution in [0.5, 0.6) is 0 Å². The van der Waals surface area contributed by atoms with Crippen LogP contribution < -0.4 is 0 Å². The Bertz CT molecular complexity index is 176. The van der Waals surface area contributed by atoms with Gasteiger partial charge in [0.05, 0.1) is 0 Å². The Kier molecular flexibility index (Phi) is 8.67. The van der Waals surface area contributed by atoms with Crippen LogP contribution in [0.3, 0.4) is 0 Å². The maximum Gasteiger partial charge on any atom is 0.0431 e. The van der Waals surface area contributed by atoms with Gasteiger partial charge in [0, 0.05) is 19.7 Å². The van der Waals surface area contributed by atoms with E-state index >= 15 is 0 Å². The second-order valence-corrected chi connectivity index (χ2v) is 5.12. The van der Waals surface area contributed by atoms with Gasteiger partial charge in [0.25, 0.3) is 0 Å². The van der Waals surface area contributed by atoms with E-state index in [1.807, 2.05) is 0 Å². The van der Waals surface area contributed by atoms with Crippen molar-refractivity contribution in [1.29, 1.82) is 0 Å². The molecule has 1 aliphatic heterocycles. The van der Waals surface area contributed by atoms with E-state index in [4.69, 9.17) is 5.11 Å². The molecule has 1 N–H and O–H groups in total. The third-order valence-electron chi connectivity index (χ3n) is 3.76. The van der Waals surface area contributed by atoms with E-state index in [1.165, 1.54) is 71.4 Å². The fourth-order valence-electron chi connectivity index (χ4n) is 2.54. The number of hydrogen-bond donors (Lipinski definition) is 1. The molecule has 0 amide bonds. The summed E-state index contributed by atoms with van der Waals surface area (Å²) >= 11 is 0. The minimum absolute atomic E-state index is 0.360.